The fourth-order valence-corrected chi connectivity index (χ4v) is 1.48. The van der Waals surface area contributed by atoms with Crippen LogP contribution in [0.2, 0.25) is 0 Å². The van der Waals surface area contributed by atoms with Crippen molar-refractivity contribution in [2.45, 2.75) is 13.0 Å². The highest BCUT2D eigenvalue weighted by Crippen LogP contribution is 2.11. The Morgan fingerprint density at radius 2 is 2.12 bits per heavy atom. The number of hydrogen-bond donors (Lipinski definition) is 2. The molecular weight excluding hydrogens is 202 g/mol. The zero-order valence-corrected chi connectivity index (χ0v) is 8.97. The molecule has 4 nitrogen and oxygen atoms in total. The smallest absolute Gasteiger partial charge is 0.254 e. The van der Waals surface area contributed by atoms with Crippen LogP contribution in [0.15, 0.2) is 42.7 Å². The number of aromatic nitrogens is 2. The molecule has 1 unspecified atom stereocenters. The van der Waals surface area contributed by atoms with E-state index in [1.165, 1.54) is 6.20 Å². The second-order valence-corrected chi connectivity index (χ2v) is 3.59. The first-order chi connectivity index (χ1) is 7.77. The van der Waals surface area contributed by atoms with E-state index in [1.54, 1.807) is 6.20 Å². The highest BCUT2D eigenvalue weighted by atomic mass is 16.1. The van der Waals surface area contributed by atoms with Crippen molar-refractivity contribution in [1.82, 2.24) is 15.5 Å². The van der Waals surface area contributed by atoms with E-state index in [2.05, 4.69) is 15.5 Å². The summed E-state index contributed by atoms with van der Waals surface area (Å²) in [4.78, 5) is 11.7. The molecule has 1 amide bonds. The van der Waals surface area contributed by atoms with Crippen molar-refractivity contribution < 1.29 is 4.79 Å². The van der Waals surface area contributed by atoms with Gasteiger partial charge in [-0.3, -0.25) is 9.89 Å². The average molecular weight is 215 g/mol. The number of nitrogens with zero attached hydrogens (tertiary/aromatic N) is 1. The van der Waals surface area contributed by atoms with Gasteiger partial charge in [-0.2, -0.15) is 5.10 Å². The SMILES string of the molecule is CC(NC(=O)c1cn[nH]c1)c1ccccc1. The molecule has 0 aliphatic heterocycles. The summed E-state index contributed by atoms with van der Waals surface area (Å²) in [5, 5.41) is 9.25. The van der Waals surface area contributed by atoms with E-state index in [4.69, 9.17) is 0 Å². The van der Waals surface area contributed by atoms with Gasteiger partial charge in [-0.05, 0) is 12.5 Å². The first-order valence-corrected chi connectivity index (χ1v) is 5.12. The van der Waals surface area contributed by atoms with Crippen LogP contribution in [0.3, 0.4) is 0 Å². The van der Waals surface area contributed by atoms with Crippen molar-refractivity contribution >= 4 is 5.91 Å². The molecule has 0 saturated carbocycles. The van der Waals surface area contributed by atoms with Crippen LogP contribution in [0, 0.1) is 0 Å². The van der Waals surface area contributed by atoms with E-state index in [9.17, 15) is 4.79 Å². The summed E-state index contributed by atoms with van der Waals surface area (Å²) in [5.41, 5.74) is 1.63. The molecule has 2 N–H and O–H groups in total. The van der Waals surface area contributed by atoms with Crippen LogP contribution in [-0.2, 0) is 0 Å². The molecule has 16 heavy (non-hydrogen) atoms. The van der Waals surface area contributed by atoms with Gasteiger partial charge in [0.05, 0.1) is 17.8 Å². The molecule has 2 aromatic rings. The Morgan fingerprint density at radius 3 is 2.75 bits per heavy atom. The summed E-state index contributed by atoms with van der Waals surface area (Å²) in [5.74, 6) is -0.120. The van der Waals surface area contributed by atoms with Gasteiger partial charge < -0.3 is 5.32 Å². The van der Waals surface area contributed by atoms with Crippen LogP contribution in [0.4, 0.5) is 0 Å². The topological polar surface area (TPSA) is 57.8 Å². The Morgan fingerprint density at radius 1 is 1.38 bits per heavy atom. The Bertz CT molecular complexity index is 450. The molecule has 0 radical (unpaired) electrons. The fraction of sp³-hybridized carbons (Fsp3) is 0.167. The zero-order chi connectivity index (χ0) is 11.4. The van der Waals surface area contributed by atoms with Gasteiger partial charge >= 0.3 is 0 Å². The first-order valence-electron chi connectivity index (χ1n) is 5.12. The molecule has 2 rings (SSSR count). The number of carbonyl (C=O) groups is 1. The standard InChI is InChI=1S/C12H13N3O/c1-9(10-5-3-2-4-6-10)15-12(16)11-7-13-14-8-11/h2-9H,1H3,(H,13,14)(H,15,16). The molecule has 82 valence electrons. The van der Waals surface area contributed by atoms with Crippen LogP contribution in [0.25, 0.3) is 0 Å². The van der Waals surface area contributed by atoms with E-state index < -0.39 is 0 Å². The first kappa shape index (κ1) is 10.4. The summed E-state index contributed by atoms with van der Waals surface area (Å²) in [6.07, 6.45) is 3.08. The summed E-state index contributed by atoms with van der Waals surface area (Å²) in [6, 6.07) is 9.82. The highest BCUT2D eigenvalue weighted by Gasteiger charge is 2.11. The fourth-order valence-electron chi connectivity index (χ4n) is 1.48. The van der Waals surface area contributed by atoms with Crippen molar-refractivity contribution in [3.05, 3.63) is 53.9 Å². The van der Waals surface area contributed by atoms with E-state index >= 15 is 0 Å². The third-order valence-electron chi connectivity index (χ3n) is 2.41. The molecule has 0 bridgehead atoms. The third kappa shape index (κ3) is 2.28. The predicted molar refractivity (Wildman–Crippen MR) is 60.9 cm³/mol. The Hall–Kier alpha value is -2.10. The van der Waals surface area contributed by atoms with E-state index in [0.717, 1.165) is 5.56 Å². The number of carbonyl (C=O) groups excluding carboxylic acids is 1. The quantitative estimate of drug-likeness (QED) is 0.821. The zero-order valence-electron chi connectivity index (χ0n) is 8.97. The lowest BCUT2D eigenvalue weighted by Gasteiger charge is -2.13. The van der Waals surface area contributed by atoms with Crippen molar-refractivity contribution in [2.24, 2.45) is 0 Å². The number of benzene rings is 1. The normalized spacial score (nSPS) is 12.1. The van der Waals surface area contributed by atoms with Crippen molar-refractivity contribution in [2.75, 3.05) is 0 Å². The number of hydrogen-bond acceptors (Lipinski definition) is 2. The lowest BCUT2D eigenvalue weighted by molar-refractivity contribution is 0.0940. The van der Waals surface area contributed by atoms with Crippen LogP contribution in [0.5, 0.6) is 0 Å². The number of H-pyrrole nitrogens is 1. The number of rotatable bonds is 3. The molecule has 4 heteroatoms. The van der Waals surface area contributed by atoms with Crippen LogP contribution >= 0.6 is 0 Å². The average Bonchev–Trinajstić information content (AvgIpc) is 2.83. The summed E-state index contributed by atoms with van der Waals surface area (Å²) in [7, 11) is 0. The number of aromatic amines is 1. The van der Waals surface area contributed by atoms with Gasteiger partial charge in [-0.25, -0.2) is 0 Å². The van der Waals surface area contributed by atoms with Crippen molar-refractivity contribution in [3.63, 3.8) is 0 Å². The molecule has 0 fully saturated rings. The molecule has 1 heterocycles. The molecule has 0 saturated heterocycles. The molecule has 1 aromatic carbocycles. The second-order valence-electron chi connectivity index (χ2n) is 3.59. The summed E-state index contributed by atoms with van der Waals surface area (Å²) >= 11 is 0. The van der Waals surface area contributed by atoms with Gasteiger partial charge in [-0.15, -0.1) is 0 Å². The maximum Gasteiger partial charge on any atom is 0.254 e. The van der Waals surface area contributed by atoms with Gasteiger partial charge in [0.2, 0.25) is 0 Å². The van der Waals surface area contributed by atoms with Crippen molar-refractivity contribution in [1.29, 1.82) is 0 Å². The summed E-state index contributed by atoms with van der Waals surface area (Å²) in [6.45, 7) is 1.95. The van der Waals surface area contributed by atoms with Gasteiger partial charge in [0.15, 0.2) is 0 Å². The molecule has 1 atom stereocenters. The summed E-state index contributed by atoms with van der Waals surface area (Å²) < 4.78 is 0. The molecule has 0 aliphatic rings. The lowest BCUT2D eigenvalue weighted by Crippen LogP contribution is -2.26. The van der Waals surface area contributed by atoms with Gasteiger partial charge in [0, 0.05) is 6.20 Å². The number of amides is 1. The van der Waals surface area contributed by atoms with Crippen LogP contribution in [-0.4, -0.2) is 16.1 Å². The monoisotopic (exact) mass is 215 g/mol. The largest absolute Gasteiger partial charge is 0.345 e. The predicted octanol–water partition coefficient (Wildman–Crippen LogP) is 1.90. The molecule has 0 spiro atoms. The third-order valence-corrected chi connectivity index (χ3v) is 2.41. The minimum Gasteiger partial charge on any atom is -0.345 e. The Labute approximate surface area is 93.7 Å². The van der Waals surface area contributed by atoms with Gasteiger partial charge in [-0.1, -0.05) is 30.3 Å². The number of nitrogens with one attached hydrogen (secondary N) is 2. The van der Waals surface area contributed by atoms with E-state index in [0.29, 0.717) is 5.56 Å². The highest BCUT2D eigenvalue weighted by molar-refractivity contribution is 5.93. The van der Waals surface area contributed by atoms with E-state index in [1.807, 2.05) is 37.3 Å². The molecule has 0 aliphatic carbocycles. The van der Waals surface area contributed by atoms with Gasteiger partial charge in [0.1, 0.15) is 0 Å². The molecule has 1 aromatic heterocycles. The van der Waals surface area contributed by atoms with Gasteiger partial charge in [0.25, 0.3) is 5.91 Å². The Balaban J connectivity index is 2.03. The maximum atomic E-state index is 11.7. The Kier molecular flexibility index (Phi) is 3.00. The second kappa shape index (κ2) is 4.61. The van der Waals surface area contributed by atoms with Crippen LogP contribution < -0.4 is 5.32 Å². The van der Waals surface area contributed by atoms with E-state index in [-0.39, 0.29) is 11.9 Å². The van der Waals surface area contributed by atoms with Crippen molar-refractivity contribution in [3.8, 4) is 0 Å². The maximum absolute atomic E-state index is 11.7. The lowest BCUT2D eigenvalue weighted by atomic mass is 10.1. The minimum atomic E-state index is -0.120. The minimum absolute atomic E-state index is 0.0106. The molecular formula is C12H13N3O. The van der Waals surface area contributed by atoms with Crippen LogP contribution in [0.1, 0.15) is 28.9 Å².